The number of hydrogen-bond acceptors (Lipinski definition) is 3. The average molecular weight is 232 g/mol. The Morgan fingerprint density at radius 3 is 2.82 bits per heavy atom. The smallest absolute Gasteiger partial charge is 0.341 e. The van der Waals surface area contributed by atoms with Crippen molar-refractivity contribution in [3.05, 3.63) is 51.7 Å². The van der Waals surface area contributed by atoms with Crippen LogP contribution < -0.4 is 11.0 Å². The maximum Gasteiger partial charge on any atom is 0.341 e. The normalized spacial score (nSPS) is 10.2. The molecule has 2 rings (SSSR count). The molecule has 0 spiro atoms. The molecule has 0 radical (unpaired) electrons. The van der Waals surface area contributed by atoms with Crippen molar-refractivity contribution in [2.45, 2.75) is 13.5 Å². The van der Waals surface area contributed by atoms with Crippen molar-refractivity contribution in [1.29, 1.82) is 0 Å². The van der Waals surface area contributed by atoms with Crippen LogP contribution in [0.4, 0.5) is 0 Å². The number of carbonyl (C=O) groups is 1. The Balaban J connectivity index is 2.02. The fourth-order valence-corrected chi connectivity index (χ4v) is 1.45. The van der Waals surface area contributed by atoms with Crippen LogP contribution in [0.5, 0.6) is 0 Å². The van der Waals surface area contributed by atoms with E-state index in [2.05, 4.69) is 20.5 Å². The van der Waals surface area contributed by atoms with Crippen LogP contribution in [-0.2, 0) is 6.54 Å². The number of nitrogens with one attached hydrogen (secondary N) is 3. The van der Waals surface area contributed by atoms with Crippen LogP contribution in [0.15, 0.2) is 29.1 Å². The number of hydrogen-bond donors (Lipinski definition) is 3. The molecule has 0 aliphatic rings. The highest BCUT2D eigenvalue weighted by Crippen LogP contribution is 2.06. The zero-order valence-corrected chi connectivity index (χ0v) is 9.28. The molecular formula is C11H12N4O2. The van der Waals surface area contributed by atoms with Crippen LogP contribution in [0.1, 0.15) is 21.7 Å². The number of rotatable bonds is 3. The molecule has 3 N–H and O–H groups in total. The van der Waals surface area contributed by atoms with Gasteiger partial charge in [-0.1, -0.05) is 24.3 Å². The minimum absolute atomic E-state index is 0.0106. The number of amides is 1. The average Bonchev–Trinajstić information content (AvgIpc) is 2.74. The van der Waals surface area contributed by atoms with E-state index in [0.717, 1.165) is 11.1 Å². The van der Waals surface area contributed by atoms with Crippen LogP contribution >= 0.6 is 0 Å². The molecule has 0 aliphatic carbocycles. The van der Waals surface area contributed by atoms with Gasteiger partial charge in [-0.25, -0.2) is 9.89 Å². The first-order valence-corrected chi connectivity index (χ1v) is 5.14. The Labute approximate surface area is 97.1 Å². The third-order valence-corrected chi connectivity index (χ3v) is 2.42. The number of aromatic amines is 2. The van der Waals surface area contributed by atoms with E-state index in [1.54, 1.807) is 0 Å². The molecule has 0 saturated carbocycles. The van der Waals surface area contributed by atoms with E-state index in [9.17, 15) is 9.59 Å². The van der Waals surface area contributed by atoms with Gasteiger partial charge in [0.1, 0.15) is 0 Å². The van der Waals surface area contributed by atoms with Gasteiger partial charge in [0, 0.05) is 6.54 Å². The molecule has 0 fully saturated rings. The fraction of sp³-hybridized carbons (Fsp3) is 0.182. The summed E-state index contributed by atoms with van der Waals surface area (Å²) in [6.07, 6.45) is 0. The summed E-state index contributed by atoms with van der Waals surface area (Å²) in [6.45, 7) is 2.37. The fourth-order valence-electron chi connectivity index (χ4n) is 1.45. The third kappa shape index (κ3) is 2.60. The van der Waals surface area contributed by atoms with Gasteiger partial charge in [-0.05, 0) is 18.1 Å². The summed E-state index contributed by atoms with van der Waals surface area (Å²) in [5.74, 6) is -0.421. The van der Waals surface area contributed by atoms with Crippen LogP contribution in [-0.4, -0.2) is 21.1 Å². The maximum atomic E-state index is 11.6. The Morgan fingerprint density at radius 1 is 1.41 bits per heavy atom. The number of H-pyrrole nitrogens is 2. The zero-order chi connectivity index (χ0) is 12.3. The van der Waals surface area contributed by atoms with Crippen molar-refractivity contribution in [2.75, 3.05) is 0 Å². The second-order valence-electron chi connectivity index (χ2n) is 3.64. The van der Waals surface area contributed by atoms with Crippen molar-refractivity contribution in [3.63, 3.8) is 0 Å². The molecule has 0 bridgehead atoms. The van der Waals surface area contributed by atoms with Crippen LogP contribution in [0, 0.1) is 6.92 Å². The molecule has 0 saturated heterocycles. The number of aromatic nitrogens is 3. The molecule has 1 aromatic heterocycles. The number of carbonyl (C=O) groups excluding carboxylic acids is 1. The first kappa shape index (κ1) is 11.1. The summed E-state index contributed by atoms with van der Waals surface area (Å²) in [6, 6.07) is 7.75. The molecule has 1 heterocycles. The van der Waals surface area contributed by atoms with Gasteiger partial charge < -0.3 is 5.32 Å². The van der Waals surface area contributed by atoms with Gasteiger partial charge in [0.2, 0.25) is 5.82 Å². The SMILES string of the molecule is Cc1ccccc1CNC(=O)c1n[nH]c(=O)[nH]1. The largest absolute Gasteiger partial charge is 0.345 e. The first-order valence-electron chi connectivity index (χ1n) is 5.14. The predicted octanol–water partition coefficient (Wildman–Crippen LogP) is 0.336. The van der Waals surface area contributed by atoms with E-state index in [1.165, 1.54) is 0 Å². The monoisotopic (exact) mass is 232 g/mol. The Hall–Kier alpha value is -2.37. The van der Waals surface area contributed by atoms with Crippen molar-refractivity contribution in [2.24, 2.45) is 0 Å². The highest BCUT2D eigenvalue weighted by molar-refractivity contribution is 5.90. The van der Waals surface area contributed by atoms with Gasteiger partial charge in [-0.15, -0.1) is 5.10 Å². The van der Waals surface area contributed by atoms with Crippen molar-refractivity contribution >= 4 is 5.91 Å². The Morgan fingerprint density at radius 2 is 2.18 bits per heavy atom. The van der Waals surface area contributed by atoms with E-state index in [4.69, 9.17) is 0 Å². The summed E-state index contributed by atoms with van der Waals surface area (Å²) in [7, 11) is 0. The lowest BCUT2D eigenvalue weighted by molar-refractivity contribution is 0.0941. The maximum absolute atomic E-state index is 11.6. The molecule has 0 atom stereocenters. The number of benzene rings is 1. The summed E-state index contributed by atoms with van der Waals surface area (Å²) in [5.41, 5.74) is 1.63. The number of nitrogens with zero attached hydrogens (tertiary/aromatic N) is 1. The van der Waals surface area contributed by atoms with E-state index < -0.39 is 11.6 Å². The van der Waals surface area contributed by atoms with Crippen molar-refractivity contribution in [3.8, 4) is 0 Å². The second kappa shape index (κ2) is 4.65. The van der Waals surface area contributed by atoms with Crippen LogP contribution in [0.2, 0.25) is 0 Å². The number of aryl methyl sites for hydroxylation is 1. The lowest BCUT2D eigenvalue weighted by Crippen LogP contribution is -2.24. The highest BCUT2D eigenvalue weighted by atomic mass is 16.2. The first-order chi connectivity index (χ1) is 8.16. The third-order valence-electron chi connectivity index (χ3n) is 2.42. The topological polar surface area (TPSA) is 90.6 Å². The van der Waals surface area contributed by atoms with E-state index in [0.29, 0.717) is 6.54 Å². The second-order valence-corrected chi connectivity index (χ2v) is 3.64. The van der Waals surface area contributed by atoms with Gasteiger partial charge in [0.15, 0.2) is 0 Å². The Kier molecular flexibility index (Phi) is 3.04. The minimum Gasteiger partial charge on any atom is -0.345 e. The van der Waals surface area contributed by atoms with Gasteiger partial charge >= 0.3 is 5.69 Å². The van der Waals surface area contributed by atoms with E-state index in [-0.39, 0.29) is 5.82 Å². The molecule has 2 aromatic rings. The van der Waals surface area contributed by atoms with Crippen LogP contribution in [0.25, 0.3) is 0 Å². The summed E-state index contributed by atoms with van der Waals surface area (Å²) in [5, 5.41) is 8.36. The van der Waals surface area contributed by atoms with E-state index in [1.807, 2.05) is 31.2 Å². The molecule has 1 aromatic carbocycles. The summed E-state index contributed by atoms with van der Waals surface area (Å²) < 4.78 is 0. The van der Waals surface area contributed by atoms with Crippen molar-refractivity contribution in [1.82, 2.24) is 20.5 Å². The molecule has 6 heteroatoms. The van der Waals surface area contributed by atoms with Gasteiger partial charge in [-0.2, -0.15) is 0 Å². The van der Waals surface area contributed by atoms with Crippen molar-refractivity contribution < 1.29 is 4.79 Å². The molecule has 6 nitrogen and oxygen atoms in total. The quantitative estimate of drug-likeness (QED) is 0.712. The summed E-state index contributed by atoms with van der Waals surface area (Å²) in [4.78, 5) is 24.6. The summed E-state index contributed by atoms with van der Waals surface area (Å²) >= 11 is 0. The Bertz CT molecular complexity index is 585. The lowest BCUT2D eigenvalue weighted by atomic mass is 10.1. The van der Waals surface area contributed by atoms with Gasteiger partial charge in [0.05, 0.1) is 0 Å². The van der Waals surface area contributed by atoms with E-state index >= 15 is 0 Å². The minimum atomic E-state index is -0.494. The van der Waals surface area contributed by atoms with Gasteiger partial charge in [-0.3, -0.25) is 9.78 Å². The zero-order valence-electron chi connectivity index (χ0n) is 9.28. The predicted molar refractivity (Wildman–Crippen MR) is 61.6 cm³/mol. The molecule has 88 valence electrons. The molecule has 1 amide bonds. The molecule has 0 unspecified atom stereocenters. The molecule has 17 heavy (non-hydrogen) atoms. The van der Waals surface area contributed by atoms with Gasteiger partial charge in [0.25, 0.3) is 5.91 Å². The van der Waals surface area contributed by atoms with Crippen LogP contribution in [0.3, 0.4) is 0 Å². The highest BCUT2D eigenvalue weighted by Gasteiger charge is 2.09. The molecule has 0 aliphatic heterocycles. The lowest BCUT2D eigenvalue weighted by Gasteiger charge is -2.05. The molecular weight excluding hydrogens is 220 g/mol. The standard InChI is InChI=1S/C11H12N4O2/c1-7-4-2-3-5-8(7)6-12-10(16)9-13-11(17)15-14-9/h2-5H,6H2,1H3,(H,12,16)(H2,13,14,15,17).